The van der Waals surface area contributed by atoms with Crippen LogP contribution in [0.2, 0.25) is 0 Å². The summed E-state index contributed by atoms with van der Waals surface area (Å²) in [6.45, 7) is 5.78. The van der Waals surface area contributed by atoms with Crippen LogP contribution >= 0.6 is 11.3 Å². The zero-order valence-corrected chi connectivity index (χ0v) is 16.7. The van der Waals surface area contributed by atoms with Crippen LogP contribution < -0.4 is 4.72 Å². The molecule has 8 heteroatoms. The lowest BCUT2D eigenvalue weighted by Crippen LogP contribution is -2.24. The van der Waals surface area contributed by atoms with E-state index in [4.69, 9.17) is 4.74 Å². The molecule has 0 spiro atoms. The maximum absolute atomic E-state index is 12.7. The monoisotopic (exact) mass is 394 g/mol. The van der Waals surface area contributed by atoms with E-state index < -0.39 is 10.0 Å². The molecule has 1 N–H and O–H groups in total. The second-order valence-corrected chi connectivity index (χ2v) is 9.19. The van der Waals surface area contributed by atoms with Gasteiger partial charge in [0.15, 0.2) is 5.13 Å². The molecule has 1 aromatic heterocycles. The van der Waals surface area contributed by atoms with Gasteiger partial charge >= 0.3 is 5.97 Å². The molecule has 0 amide bonds. The van der Waals surface area contributed by atoms with Crippen molar-refractivity contribution in [3.05, 3.63) is 39.9 Å². The van der Waals surface area contributed by atoms with E-state index in [1.165, 1.54) is 11.3 Å². The van der Waals surface area contributed by atoms with E-state index in [1.807, 2.05) is 13.0 Å². The summed E-state index contributed by atoms with van der Waals surface area (Å²) in [5, 5.41) is 0.348. The van der Waals surface area contributed by atoms with E-state index in [0.29, 0.717) is 36.6 Å². The molecular weight excluding hydrogens is 372 g/mol. The molecular formula is C18H22N2O4S2. The molecule has 1 atom stereocenters. The summed E-state index contributed by atoms with van der Waals surface area (Å²) < 4.78 is 33.1. The highest BCUT2D eigenvalue weighted by atomic mass is 32.2. The number of rotatable bonds is 5. The first kappa shape index (κ1) is 18.8. The van der Waals surface area contributed by atoms with Gasteiger partial charge in [0, 0.05) is 4.88 Å². The van der Waals surface area contributed by atoms with Crippen molar-refractivity contribution in [2.75, 3.05) is 11.3 Å². The van der Waals surface area contributed by atoms with Crippen LogP contribution in [-0.2, 0) is 32.4 Å². The van der Waals surface area contributed by atoms with Gasteiger partial charge in [0.2, 0.25) is 0 Å². The zero-order chi connectivity index (χ0) is 18.9. The summed E-state index contributed by atoms with van der Waals surface area (Å²) in [6, 6.07) is 5.33. The van der Waals surface area contributed by atoms with E-state index in [2.05, 4.69) is 9.71 Å². The van der Waals surface area contributed by atoms with Gasteiger partial charge in [-0.15, -0.1) is 11.3 Å². The van der Waals surface area contributed by atoms with Gasteiger partial charge in [-0.1, -0.05) is 12.1 Å². The maximum atomic E-state index is 12.7. The second kappa shape index (κ2) is 7.36. The molecule has 0 radical (unpaired) electrons. The first-order valence-electron chi connectivity index (χ1n) is 8.55. The van der Waals surface area contributed by atoms with Crippen molar-refractivity contribution < 1.29 is 17.9 Å². The highest BCUT2D eigenvalue weighted by molar-refractivity contribution is 7.93. The van der Waals surface area contributed by atoms with Crippen molar-refractivity contribution in [3.63, 3.8) is 0 Å². The smallest absolute Gasteiger partial charge is 0.309 e. The van der Waals surface area contributed by atoms with Gasteiger partial charge in [0.1, 0.15) is 0 Å². The SMILES string of the molecule is CCOC(=O)C1CCc2nc(NS(=O)(=O)c3cc(C)ccc3C)sc2C1. The third kappa shape index (κ3) is 3.91. The number of hydrogen-bond donors (Lipinski definition) is 1. The lowest BCUT2D eigenvalue weighted by Gasteiger charge is -2.18. The van der Waals surface area contributed by atoms with Crippen LogP contribution in [0.3, 0.4) is 0 Å². The minimum absolute atomic E-state index is 0.175. The molecule has 0 saturated heterocycles. The van der Waals surface area contributed by atoms with E-state index in [0.717, 1.165) is 16.1 Å². The molecule has 140 valence electrons. The fourth-order valence-electron chi connectivity index (χ4n) is 3.05. The normalized spacial score (nSPS) is 16.8. The molecule has 0 saturated carbocycles. The Balaban J connectivity index is 1.80. The van der Waals surface area contributed by atoms with Crippen LogP contribution in [0.5, 0.6) is 0 Å². The molecule has 1 aromatic carbocycles. The summed E-state index contributed by atoms with van der Waals surface area (Å²) in [6.07, 6.45) is 1.89. The van der Waals surface area contributed by atoms with E-state index in [-0.39, 0.29) is 16.8 Å². The lowest BCUT2D eigenvalue weighted by molar-refractivity contribution is -0.148. The molecule has 1 unspecified atom stereocenters. The topological polar surface area (TPSA) is 85.4 Å². The minimum atomic E-state index is -3.70. The number of thiazole rings is 1. The number of sulfonamides is 1. The highest BCUT2D eigenvalue weighted by Crippen LogP contribution is 2.34. The Labute approximate surface area is 157 Å². The van der Waals surface area contributed by atoms with E-state index in [9.17, 15) is 13.2 Å². The summed E-state index contributed by atoms with van der Waals surface area (Å²) in [4.78, 5) is 17.6. The average molecular weight is 395 g/mol. The molecule has 0 fully saturated rings. The number of nitrogens with one attached hydrogen (secondary N) is 1. The Morgan fingerprint density at radius 2 is 2.15 bits per heavy atom. The summed E-state index contributed by atoms with van der Waals surface area (Å²) in [5.41, 5.74) is 2.44. The minimum Gasteiger partial charge on any atom is -0.466 e. The molecule has 1 aliphatic carbocycles. The standard InChI is InChI=1S/C18H22N2O4S2/c1-4-24-17(21)13-7-8-14-15(10-13)25-18(19-14)20-26(22,23)16-9-11(2)5-6-12(16)3/h5-6,9,13H,4,7-8,10H2,1-3H3,(H,19,20). The van der Waals surface area contributed by atoms with Crippen LogP contribution in [0, 0.1) is 19.8 Å². The van der Waals surface area contributed by atoms with Gasteiger partial charge in [-0.3, -0.25) is 9.52 Å². The number of aromatic nitrogens is 1. The summed E-state index contributed by atoms with van der Waals surface area (Å²) in [5.74, 6) is -0.365. The maximum Gasteiger partial charge on any atom is 0.309 e. The third-order valence-corrected chi connectivity index (χ3v) is 7.06. The number of carbonyl (C=O) groups excluding carboxylic acids is 1. The number of carbonyl (C=O) groups is 1. The fraction of sp³-hybridized carbons (Fsp3) is 0.444. The number of fused-ring (bicyclic) bond motifs is 1. The van der Waals surface area contributed by atoms with Gasteiger partial charge in [0.05, 0.1) is 23.1 Å². The van der Waals surface area contributed by atoms with Gasteiger partial charge in [-0.2, -0.15) is 0 Å². The number of hydrogen-bond acceptors (Lipinski definition) is 6. The Hall–Kier alpha value is -1.93. The van der Waals surface area contributed by atoms with Crippen molar-refractivity contribution >= 4 is 32.5 Å². The number of benzene rings is 1. The number of aryl methyl sites for hydroxylation is 3. The molecule has 0 bridgehead atoms. The van der Waals surface area contributed by atoms with Gasteiger partial charge in [0.25, 0.3) is 10.0 Å². The van der Waals surface area contributed by atoms with Crippen LogP contribution in [0.1, 0.15) is 35.0 Å². The Morgan fingerprint density at radius 1 is 1.38 bits per heavy atom. The summed E-state index contributed by atoms with van der Waals surface area (Å²) in [7, 11) is -3.70. The van der Waals surface area contributed by atoms with Crippen LogP contribution in [0.15, 0.2) is 23.1 Å². The number of anilines is 1. The molecule has 3 rings (SSSR count). The third-order valence-electron chi connectivity index (χ3n) is 4.41. The average Bonchev–Trinajstić information content (AvgIpc) is 2.97. The van der Waals surface area contributed by atoms with E-state index >= 15 is 0 Å². The van der Waals surface area contributed by atoms with E-state index in [1.54, 1.807) is 26.0 Å². The lowest BCUT2D eigenvalue weighted by atomic mass is 9.91. The quantitative estimate of drug-likeness (QED) is 0.787. The largest absolute Gasteiger partial charge is 0.466 e. The molecule has 1 aliphatic rings. The zero-order valence-electron chi connectivity index (χ0n) is 15.0. The molecule has 6 nitrogen and oxygen atoms in total. The van der Waals surface area contributed by atoms with Crippen molar-refractivity contribution in [3.8, 4) is 0 Å². The first-order chi connectivity index (χ1) is 12.3. The van der Waals surface area contributed by atoms with Crippen molar-refractivity contribution in [2.45, 2.75) is 44.9 Å². The van der Waals surface area contributed by atoms with Crippen LogP contribution in [-0.4, -0.2) is 26.0 Å². The number of esters is 1. The first-order valence-corrected chi connectivity index (χ1v) is 10.9. The molecule has 1 heterocycles. The van der Waals surface area contributed by atoms with Crippen molar-refractivity contribution in [1.29, 1.82) is 0 Å². The molecule has 0 aliphatic heterocycles. The van der Waals surface area contributed by atoms with Gasteiger partial charge in [-0.05, 0) is 57.2 Å². The Kier molecular flexibility index (Phi) is 5.34. The Bertz CT molecular complexity index is 935. The predicted molar refractivity (Wildman–Crippen MR) is 101 cm³/mol. The second-order valence-electron chi connectivity index (χ2n) is 6.46. The van der Waals surface area contributed by atoms with Crippen LogP contribution in [0.4, 0.5) is 5.13 Å². The number of ether oxygens (including phenoxy) is 1. The highest BCUT2D eigenvalue weighted by Gasteiger charge is 2.29. The predicted octanol–water partition coefficient (Wildman–Crippen LogP) is 3.23. The molecule has 26 heavy (non-hydrogen) atoms. The fourth-order valence-corrected chi connectivity index (χ4v) is 5.70. The van der Waals surface area contributed by atoms with Crippen LogP contribution in [0.25, 0.3) is 0 Å². The summed E-state index contributed by atoms with van der Waals surface area (Å²) >= 11 is 1.30. The number of nitrogens with zero attached hydrogens (tertiary/aromatic N) is 1. The Morgan fingerprint density at radius 3 is 2.88 bits per heavy atom. The van der Waals surface area contributed by atoms with Crippen molar-refractivity contribution in [1.82, 2.24) is 4.98 Å². The van der Waals surface area contributed by atoms with Gasteiger partial charge < -0.3 is 4.74 Å². The van der Waals surface area contributed by atoms with Crippen molar-refractivity contribution in [2.24, 2.45) is 5.92 Å². The van der Waals surface area contributed by atoms with Gasteiger partial charge in [-0.25, -0.2) is 13.4 Å². The molecule has 2 aromatic rings.